The quantitative estimate of drug-likeness (QED) is 0.887. The van der Waals surface area contributed by atoms with Crippen LogP contribution in [0.15, 0.2) is 22.7 Å². The van der Waals surface area contributed by atoms with Gasteiger partial charge in [-0.25, -0.2) is 0 Å². The van der Waals surface area contributed by atoms with Crippen molar-refractivity contribution in [2.24, 2.45) is 11.8 Å². The fourth-order valence-electron chi connectivity index (χ4n) is 2.71. The average molecular weight is 348 g/mol. The minimum atomic E-state index is -0.355. The molecule has 1 fully saturated rings. The summed E-state index contributed by atoms with van der Waals surface area (Å²) in [7, 11) is 0. The second-order valence-corrected chi connectivity index (χ2v) is 6.60. The van der Waals surface area contributed by atoms with Crippen LogP contribution in [0.5, 0.6) is 0 Å². The van der Waals surface area contributed by atoms with E-state index in [1.807, 2.05) is 19.9 Å². The topological polar surface area (TPSA) is 84.2 Å². The van der Waals surface area contributed by atoms with Crippen LogP contribution in [0.25, 0.3) is 0 Å². The third-order valence-electron chi connectivity index (χ3n) is 4.02. The second kappa shape index (κ2) is 6.28. The third-order valence-corrected chi connectivity index (χ3v) is 4.32. The SMILES string of the molecule is Cc1cc(C)c(NC(=O)C2CC2C(=O)Nc2cc(C)on2)c(Cl)c1. The molecule has 0 saturated heterocycles. The number of amides is 2. The molecule has 2 amide bonds. The lowest BCUT2D eigenvalue weighted by Crippen LogP contribution is -2.21. The molecule has 7 heteroatoms. The number of aryl methyl sites for hydroxylation is 3. The number of nitrogens with one attached hydrogen (secondary N) is 2. The fraction of sp³-hybridized carbons (Fsp3) is 0.353. The molecule has 2 N–H and O–H groups in total. The van der Waals surface area contributed by atoms with Crippen molar-refractivity contribution in [2.45, 2.75) is 27.2 Å². The van der Waals surface area contributed by atoms with Gasteiger partial charge in [-0.15, -0.1) is 0 Å². The summed E-state index contributed by atoms with van der Waals surface area (Å²) >= 11 is 6.20. The zero-order valence-electron chi connectivity index (χ0n) is 13.6. The number of benzene rings is 1. The van der Waals surface area contributed by atoms with Gasteiger partial charge in [0, 0.05) is 6.07 Å². The van der Waals surface area contributed by atoms with Crippen molar-refractivity contribution in [1.82, 2.24) is 5.16 Å². The number of carbonyl (C=O) groups is 2. The molecule has 1 aliphatic carbocycles. The van der Waals surface area contributed by atoms with Gasteiger partial charge in [0.25, 0.3) is 0 Å². The smallest absolute Gasteiger partial charge is 0.229 e. The van der Waals surface area contributed by atoms with Crippen LogP contribution >= 0.6 is 11.6 Å². The molecule has 1 aromatic heterocycles. The van der Waals surface area contributed by atoms with E-state index in [-0.39, 0.29) is 23.7 Å². The summed E-state index contributed by atoms with van der Waals surface area (Å²) in [6.45, 7) is 5.57. The summed E-state index contributed by atoms with van der Waals surface area (Å²) in [5.41, 5.74) is 2.53. The van der Waals surface area contributed by atoms with E-state index in [1.54, 1.807) is 19.1 Å². The van der Waals surface area contributed by atoms with Crippen LogP contribution in [0.1, 0.15) is 23.3 Å². The molecule has 0 spiro atoms. The normalized spacial score (nSPS) is 19.0. The number of hydrogen-bond acceptors (Lipinski definition) is 4. The molecule has 1 heterocycles. The first-order valence-electron chi connectivity index (χ1n) is 7.67. The number of aromatic nitrogens is 1. The molecule has 1 aliphatic rings. The molecule has 2 unspecified atom stereocenters. The Kier molecular flexibility index (Phi) is 4.32. The molecular formula is C17H18ClN3O3. The lowest BCUT2D eigenvalue weighted by atomic mass is 10.1. The van der Waals surface area contributed by atoms with Crippen molar-refractivity contribution in [1.29, 1.82) is 0 Å². The van der Waals surface area contributed by atoms with Gasteiger partial charge in [-0.1, -0.05) is 22.8 Å². The Balaban J connectivity index is 1.61. The summed E-state index contributed by atoms with van der Waals surface area (Å²) in [5.74, 6) is -0.155. The van der Waals surface area contributed by atoms with E-state index in [0.29, 0.717) is 28.7 Å². The third kappa shape index (κ3) is 3.43. The zero-order chi connectivity index (χ0) is 17.4. The number of halogens is 1. The fourth-order valence-corrected chi connectivity index (χ4v) is 3.08. The maximum Gasteiger partial charge on any atom is 0.229 e. The monoisotopic (exact) mass is 347 g/mol. The van der Waals surface area contributed by atoms with Crippen LogP contribution in [0, 0.1) is 32.6 Å². The van der Waals surface area contributed by atoms with Crippen LogP contribution in [0.3, 0.4) is 0 Å². The van der Waals surface area contributed by atoms with Crippen molar-refractivity contribution >= 4 is 34.9 Å². The molecule has 0 aliphatic heterocycles. The highest BCUT2D eigenvalue weighted by Crippen LogP contribution is 2.41. The Bertz CT molecular complexity index is 792. The van der Waals surface area contributed by atoms with E-state index in [2.05, 4.69) is 15.8 Å². The Morgan fingerprint density at radius 1 is 1.12 bits per heavy atom. The Labute approximate surface area is 144 Å². The molecule has 6 nitrogen and oxygen atoms in total. The lowest BCUT2D eigenvalue weighted by molar-refractivity contribution is -0.122. The molecule has 0 radical (unpaired) electrons. The maximum atomic E-state index is 12.4. The predicted molar refractivity (Wildman–Crippen MR) is 91.0 cm³/mol. The van der Waals surface area contributed by atoms with Crippen molar-refractivity contribution < 1.29 is 14.1 Å². The highest BCUT2D eigenvalue weighted by molar-refractivity contribution is 6.34. The first-order chi connectivity index (χ1) is 11.3. The van der Waals surface area contributed by atoms with Crippen molar-refractivity contribution in [3.05, 3.63) is 40.1 Å². The van der Waals surface area contributed by atoms with Gasteiger partial charge in [-0.2, -0.15) is 0 Å². The van der Waals surface area contributed by atoms with E-state index in [0.717, 1.165) is 11.1 Å². The van der Waals surface area contributed by atoms with Crippen LogP contribution < -0.4 is 10.6 Å². The molecule has 3 rings (SSSR count). The number of anilines is 2. The second-order valence-electron chi connectivity index (χ2n) is 6.19. The van der Waals surface area contributed by atoms with Gasteiger partial charge < -0.3 is 15.2 Å². The van der Waals surface area contributed by atoms with Gasteiger partial charge in [-0.3, -0.25) is 9.59 Å². The summed E-state index contributed by atoms with van der Waals surface area (Å²) in [5, 5.41) is 9.70. The van der Waals surface area contributed by atoms with Crippen molar-refractivity contribution in [3.63, 3.8) is 0 Å². The molecule has 24 heavy (non-hydrogen) atoms. The Hall–Kier alpha value is -2.34. The van der Waals surface area contributed by atoms with Gasteiger partial charge in [-0.05, 0) is 44.4 Å². The Morgan fingerprint density at radius 3 is 2.38 bits per heavy atom. The molecule has 2 atom stereocenters. The summed E-state index contributed by atoms with van der Waals surface area (Å²) in [4.78, 5) is 24.5. The van der Waals surface area contributed by atoms with Crippen LogP contribution in [0.2, 0.25) is 5.02 Å². The van der Waals surface area contributed by atoms with Gasteiger partial charge in [0.15, 0.2) is 5.82 Å². The number of rotatable bonds is 4. The first-order valence-corrected chi connectivity index (χ1v) is 8.04. The highest BCUT2D eigenvalue weighted by Gasteiger charge is 2.48. The summed E-state index contributed by atoms with van der Waals surface area (Å²) in [6, 6.07) is 5.38. The maximum absolute atomic E-state index is 12.4. The highest BCUT2D eigenvalue weighted by atomic mass is 35.5. The van der Waals surface area contributed by atoms with Gasteiger partial charge >= 0.3 is 0 Å². The van der Waals surface area contributed by atoms with E-state index in [4.69, 9.17) is 16.1 Å². The standard InChI is InChI=1S/C17H18ClN3O3/c1-8-4-9(2)15(13(18)5-8)20-17(23)12-7-11(12)16(22)19-14-6-10(3)24-21-14/h4-6,11-12H,7H2,1-3H3,(H,20,23)(H,19,21,22). The predicted octanol–water partition coefficient (Wildman–Crippen LogP) is 3.47. The van der Waals surface area contributed by atoms with E-state index in [1.165, 1.54) is 0 Å². The van der Waals surface area contributed by atoms with E-state index >= 15 is 0 Å². The largest absolute Gasteiger partial charge is 0.360 e. The van der Waals surface area contributed by atoms with Crippen LogP contribution in [-0.4, -0.2) is 17.0 Å². The molecule has 0 bridgehead atoms. The first kappa shape index (κ1) is 16.5. The molecule has 2 aromatic rings. The summed E-state index contributed by atoms with van der Waals surface area (Å²) < 4.78 is 4.90. The molecule has 1 saturated carbocycles. The van der Waals surface area contributed by atoms with Gasteiger partial charge in [0.1, 0.15) is 5.76 Å². The van der Waals surface area contributed by atoms with E-state index < -0.39 is 0 Å². The molecule has 126 valence electrons. The minimum absolute atomic E-state index is 0.194. The number of carbonyl (C=O) groups excluding carboxylic acids is 2. The number of hydrogen-bond donors (Lipinski definition) is 2. The minimum Gasteiger partial charge on any atom is -0.360 e. The molecule has 1 aromatic carbocycles. The average Bonchev–Trinajstić information content (AvgIpc) is 3.20. The lowest BCUT2D eigenvalue weighted by Gasteiger charge is -2.11. The van der Waals surface area contributed by atoms with Gasteiger partial charge in [0.2, 0.25) is 11.8 Å². The van der Waals surface area contributed by atoms with Crippen LogP contribution in [-0.2, 0) is 9.59 Å². The zero-order valence-corrected chi connectivity index (χ0v) is 14.4. The molecular weight excluding hydrogens is 330 g/mol. The van der Waals surface area contributed by atoms with Crippen molar-refractivity contribution in [2.75, 3.05) is 10.6 Å². The van der Waals surface area contributed by atoms with Crippen molar-refractivity contribution in [3.8, 4) is 0 Å². The number of nitrogens with zero attached hydrogens (tertiary/aromatic N) is 1. The van der Waals surface area contributed by atoms with Crippen LogP contribution in [0.4, 0.5) is 11.5 Å². The Morgan fingerprint density at radius 2 is 1.79 bits per heavy atom. The van der Waals surface area contributed by atoms with E-state index in [9.17, 15) is 9.59 Å². The van der Waals surface area contributed by atoms with Gasteiger partial charge in [0.05, 0.1) is 22.5 Å². The summed E-state index contributed by atoms with van der Waals surface area (Å²) in [6.07, 6.45) is 0.511.